The third-order valence-corrected chi connectivity index (χ3v) is 6.82. The number of anilines is 1. The number of imidazole rings is 1. The molecule has 2 aromatic carbocycles. The van der Waals surface area contributed by atoms with E-state index >= 15 is 0 Å². The summed E-state index contributed by atoms with van der Waals surface area (Å²) in [6.07, 6.45) is 3.86. The number of pyridine rings is 1. The van der Waals surface area contributed by atoms with Crippen LogP contribution in [0, 0.1) is 0 Å². The van der Waals surface area contributed by atoms with Crippen LogP contribution in [0.5, 0.6) is 17.2 Å². The van der Waals surface area contributed by atoms with Gasteiger partial charge in [-0.3, -0.25) is 19.5 Å². The molecule has 1 fully saturated rings. The van der Waals surface area contributed by atoms with Crippen molar-refractivity contribution in [2.45, 2.75) is 25.5 Å². The maximum atomic E-state index is 13.5. The highest BCUT2D eigenvalue weighted by molar-refractivity contribution is 6.51. The molecule has 0 saturated carbocycles. The lowest BCUT2D eigenvalue weighted by molar-refractivity contribution is -0.132. The van der Waals surface area contributed by atoms with Crippen LogP contribution in [-0.2, 0) is 16.0 Å². The highest BCUT2D eigenvalue weighted by Gasteiger charge is 2.48. The molecule has 2 unspecified atom stereocenters. The largest absolute Gasteiger partial charge is 0.507 e. The molecule has 1 saturated heterocycles. The van der Waals surface area contributed by atoms with E-state index in [-0.39, 0.29) is 23.4 Å². The molecule has 0 bridgehead atoms. The van der Waals surface area contributed by atoms with E-state index in [1.54, 1.807) is 54.9 Å². The molecule has 10 heteroatoms. The third kappa shape index (κ3) is 3.64. The van der Waals surface area contributed by atoms with Crippen LogP contribution in [0.15, 0.2) is 60.4 Å². The van der Waals surface area contributed by atoms with Crippen molar-refractivity contribution in [1.29, 1.82) is 0 Å². The van der Waals surface area contributed by atoms with Crippen molar-refractivity contribution in [3.63, 3.8) is 0 Å². The van der Waals surface area contributed by atoms with Crippen LogP contribution >= 0.6 is 0 Å². The van der Waals surface area contributed by atoms with E-state index in [0.717, 1.165) is 11.3 Å². The highest BCUT2D eigenvalue weighted by atomic mass is 16.5. The average Bonchev–Trinajstić information content (AvgIpc) is 3.59. The second kappa shape index (κ2) is 8.91. The fraction of sp³-hybridized carbons (Fsp3) is 0.214. The standard InChI is InChI=1S/C28H24N4O6/c1-14-9-17-10-15(6-7-20(17)38-14)25(33)23-24(16-5-4-8-29-13-16)32(27(35)26(23)34)28-30-18-11-21(36-2)22(37-3)12-19(18)31-28/h4-8,10-14,24,33H,9H2,1-3H3,(H,30,31)/b25-23+. The first-order valence-corrected chi connectivity index (χ1v) is 12.0. The summed E-state index contributed by atoms with van der Waals surface area (Å²) in [7, 11) is 3.04. The summed E-state index contributed by atoms with van der Waals surface area (Å²) < 4.78 is 16.5. The number of aromatic nitrogens is 3. The van der Waals surface area contributed by atoms with E-state index in [2.05, 4.69) is 15.0 Å². The number of benzene rings is 2. The van der Waals surface area contributed by atoms with Gasteiger partial charge in [-0.05, 0) is 42.3 Å². The first kappa shape index (κ1) is 23.5. The third-order valence-electron chi connectivity index (χ3n) is 6.82. The van der Waals surface area contributed by atoms with Gasteiger partial charge in [-0.1, -0.05) is 6.07 Å². The normalized spacial score (nSPS) is 20.0. The number of carbonyl (C=O) groups excluding carboxylic acids is 2. The summed E-state index contributed by atoms with van der Waals surface area (Å²) in [5, 5.41) is 11.4. The van der Waals surface area contributed by atoms with Crippen LogP contribution in [0.4, 0.5) is 5.95 Å². The lowest BCUT2D eigenvalue weighted by atomic mass is 9.95. The van der Waals surface area contributed by atoms with E-state index in [4.69, 9.17) is 14.2 Å². The summed E-state index contributed by atoms with van der Waals surface area (Å²) in [5.74, 6) is -0.0854. The average molecular weight is 513 g/mol. The number of H-pyrrole nitrogens is 1. The Morgan fingerprint density at radius 2 is 1.92 bits per heavy atom. The molecule has 2 atom stereocenters. The van der Waals surface area contributed by atoms with Gasteiger partial charge in [0.05, 0.1) is 36.9 Å². The van der Waals surface area contributed by atoms with Gasteiger partial charge in [-0.2, -0.15) is 0 Å². The zero-order valence-electron chi connectivity index (χ0n) is 20.9. The van der Waals surface area contributed by atoms with Gasteiger partial charge in [0.2, 0.25) is 5.95 Å². The Labute approximate surface area is 217 Å². The van der Waals surface area contributed by atoms with Crippen molar-refractivity contribution in [3.05, 3.63) is 77.1 Å². The van der Waals surface area contributed by atoms with Crippen LogP contribution in [0.3, 0.4) is 0 Å². The number of hydrogen-bond acceptors (Lipinski definition) is 8. The van der Waals surface area contributed by atoms with Crippen molar-refractivity contribution in [1.82, 2.24) is 15.0 Å². The molecule has 2 N–H and O–H groups in total. The number of aliphatic hydroxyl groups is 1. The Bertz CT molecular complexity index is 1590. The summed E-state index contributed by atoms with van der Waals surface area (Å²) in [6, 6.07) is 11.1. The Kier molecular flexibility index (Phi) is 5.52. The maximum Gasteiger partial charge on any atom is 0.302 e. The Morgan fingerprint density at radius 3 is 2.66 bits per heavy atom. The highest BCUT2D eigenvalue weighted by Crippen LogP contribution is 2.43. The number of hydrogen-bond donors (Lipinski definition) is 2. The summed E-state index contributed by atoms with van der Waals surface area (Å²) in [5.41, 5.74) is 2.93. The summed E-state index contributed by atoms with van der Waals surface area (Å²) in [6.45, 7) is 1.96. The van der Waals surface area contributed by atoms with Crippen molar-refractivity contribution in [2.24, 2.45) is 0 Å². The Balaban J connectivity index is 1.52. The topological polar surface area (TPSA) is 127 Å². The lowest BCUT2D eigenvalue weighted by Gasteiger charge is -2.22. The second-order valence-corrected chi connectivity index (χ2v) is 9.20. The molecule has 10 nitrogen and oxygen atoms in total. The van der Waals surface area contributed by atoms with Gasteiger partial charge in [0.25, 0.3) is 5.78 Å². The monoisotopic (exact) mass is 512 g/mol. The molecule has 4 aromatic rings. The number of nitrogens with zero attached hydrogens (tertiary/aromatic N) is 3. The number of methoxy groups -OCH3 is 2. The minimum absolute atomic E-state index is 0.0219. The SMILES string of the molecule is COc1cc2nc(N3C(=O)C(=O)/C(=C(/O)c4ccc5c(c4)CC(C)O5)C3c3cccnc3)[nH]c2cc1OC. The maximum absolute atomic E-state index is 13.5. The number of ether oxygens (including phenoxy) is 3. The smallest absolute Gasteiger partial charge is 0.302 e. The number of Topliss-reactive ketones (excluding diaryl/α,β-unsaturated/α-hetero) is 1. The fourth-order valence-electron chi connectivity index (χ4n) is 5.07. The van der Waals surface area contributed by atoms with Gasteiger partial charge in [0.1, 0.15) is 17.6 Å². The molecule has 2 aliphatic rings. The molecule has 6 rings (SSSR count). The van der Waals surface area contributed by atoms with Gasteiger partial charge >= 0.3 is 5.91 Å². The quantitative estimate of drug-likeness (QED) is 0.234. The van der Waals surface area contributed by atoms with Crippen LogP contribution in [0.1, 0.15) is 29.7 Å². The second-order valence-electron chi connectivity index (χ2n) is 9.20. The fourth-order valence-corrected chi connectivity index (χ4v) is 5.07. The molecule has 1 amide bonds. The molecule has 38 heavy (non-hydrogen) atoms. The van der Waals surface area contributed by atoms with E-state index in [0.29, 0.717) is 40.1 Å². The number of rotatable bonds is 5. The van der Waals surface area contributed by atoms with Crippen molar-refractivity contribution in [3.8, 4) is 17.2 Å². The summed E-state index contributed by atoms with van der Waals surface area (Å²) >= 11 is 0. The molecular weight excluding hydrogens is 488 g/mol. The van der Waals surface area contributed by atoms with E-state index < -0.39 is 17.7 Å². The first-order chi connectivity index (χ1) is 18.4. The number of aliphatic hydroxyl groups excluding tert-OH is 1. The minimum atomic E-state index is -0.962. The molecule has 2 aliphatic heterocycles. The zero-order chi connectivity index (χ0) is 26.6. The predicted molar refractivity (Wildman–Crippen MR) is 138 cm³/mol. The molecule has 0 spiro atoms. The van der Waals surface area contributed by atoms with Gasteiger partial charge < -0.3 is 24.3 Å². The molecule has 0 radical (unpaired) electrons. The van der Waals surface area contributed by atoms with Crippen molar-refractivity contribution in [2.75, 3.05) is 19.1 Å². The van der Waals surface area contributed by atoms with Crippen LogP contribution in [-0.4, -0.2) is 52.1 Å². The van der Waals surface area contributed by atoms with Gasteiger partial charge in [-0.25, -0.2) is 4.98 Å². The Morgan fingerprint density at radius 1 is 1.13 bits per heavy atom. The number of fused-ring (bicyclic) bond motifs is 2. The molecular formula is C28H24N4O6. The minimum Gasteiger partial charge on any atom is -0.507 e. The molecule has 4 heterocycles. The van der Waals surface area contributed by atoms with E-state index in [9.17, 15) is 14.7 Å². The molecule has 0 aliphatic carbocycles. The number of nitrogens with one attached hydrogen (secondary N) is 1. The van der Waals surface area contributed by atoms with Crippen LogP contribution in [0.25, 0.3) is 16.8 Å². The summed E-state index contributed by atoms with van der Waals surface area (Å²) in [4.78, 5) is 40.1. The van der Waals surface area contributed by atoms with E-state index in [1.807, 2.05) is 6.92 Å². The van der Waals surface area contributed by atoms with E-state index in [1.165, 1.54) is 19.1 Å². The van der Waals surface area contributed by atoms with Crippen molar-refractivity contribution < 1.29 is 28.9 Å². The zero-order valence-corrected chi connectivity index (χ0v) is 20.9. The number of carbonyl (C=O) groups is 2. The van der Waals surface area contributed by atoms with Gasteiger partial charge in [0, 0.05) is 36.5 Å². The lowest BCUT2D eigenvalue weighted by Crippen LogP contribution is -2.30. The number of aromatic amines is 1. The number of ketones is 1. The molecule has 192 valence electrons. The Hall–Kier alpha value is -4.86. The van der Waals surface area contributed by atoms with Crippen LogP contribution < -0.4 is 19.1 Å². The van der Waals surface area contributed by atoms with Crippen molar-refractivity contribution >= 4 is 34.4 Å². The van der Waals surface area contributed by atoms with Gasteiger partial charge in [0.15, 0.2) is 11.5 Å². The predicted octanol–water partition coefficient (Wildman–Crippen LogP) is 3.92. The first-order valence-electron chi connectivity index (χ1n) is 12.0. The van der Waals surface area contributed by atoms with Gasteiger partial charge in [-0.15, -0.1) is 0 Å². The number of amides is 1. The van der Waals surface area contributed by atoms with Crippen LogP contribution in [0.2, 0.25) is 0 Å². The molecule has 2 aromatic heterocycles.